The topological polar surface area (TPSA) is 96.0 Å². The lowest BCUT2D eigenvalue weighted by Crippen LogP contribution is -2.53. The average molecular weight is 566 g/mol. The number of carbonyl (C=O) groups is 2. The molecular weight excluding hydrogens is 526 g/mol. The summed E-state index contributed by atoms with van der Waals surface area (Å²) in [6.45, 7) is 4.33. The number of para-hydroxylation sites is 2. The van der Waals surface area contributed by atoms with Crippen molar-refractivity contribution in [2.75, 3.05) is 30.3 Å². The molecular formula is C31H39N3O5S. The molecule has 0 aliphatic carbocycles. The van der Waals surface area contributed by atoms with Gasteiger partial charge in [0.25, 0.3) is 0 Å². The molecule has 3 aromatic rings. The minimum atomic E-state index is -3.88. The van der Waals surface area contributed by atoms with E-state index in [4.69, 9.17) is 4.74 Å². The van der Waals surface area contributed by atoms with E-state index in [2.05, 4.69) is 5.32 Å². The van der Waals surface area contributed by atoms with Crippen molar-refractivity contribution in [1.29, 1.82) is 0 Å². The SMILES string of the molecule is CCCCNC(=O)C(Cc1ccccc1)N(Cc1ccccc1)C(=O)CN(c1ccccc1OCC)S(C)(=O)=O. The zero-order chi connectivity index (χ0) is 29.0. The number of benzene rings is 3. The van der Waals surface area contributed by atoms with Crippen LogP contribution in [0.1, 0.15) is 37.8 Å². The van der Waals surface area contributed by atoms with E-state index < -0.39 is 28.5 Å². The van der Waals surface area contributed by atoms with Crippen molar-refractivity contribution in [2.45, 2.75) is 45.7 Å². The number of unbranched alkanes of at least 4 members (excludes halogenated alkanes) is 1. The molecule has 1 atom stereocenters. The summed E-state index contributed by atoms with van der Waals surface area (Å²) in [4.78, 5) is 29.2. The first-order chi connectivity index (χ1) is 19.2. The number of hydrogen-bond donors (Lipinski definition) is 1. The Morgan fingerprint density at radius 3 is 2.08 bits per heavy atom. The number of nitrogens with zero attached hydrogens (tertiary/aromatic N) is 2. The van der Waals surface area contributed by atoms with Gasteiger partial charge in [-0.3, -0.25) is 13.9 Å². The summed E-state index contributed by atoms with van der Waals surface area (Å²) >= 11 is 0. The molecule has 1 unspecified atom stereocenters. The van der Waals surface area contributed by atoms with Crippen LogP contribution in [0, 0.1) is 0 Å². The molecule has 3 aromatic carbocycles. The lowest BCUT2D eigenvalue weighted by atomic mass is 10.0. The Hall–Kier alpha value is -3.85. The molecule has 2 amide bonds. The smallest absolute Gasteiger partial charge is 0.244 e. The summed E-state index contributed by atoms with van der Waals surface area (Å²) in [5.41, 5.74) is 1.99. The van der Waals surface area contributed by atoms with Gasteiger partial charge in [-0.1, -0.05) is 86.1 Å². The van der Waals surface area contributed by atoms with Crippen LogP contribution in [0.2, 0.25) is 0 Å². The van der Waals surface area contributed by atoms with Crippen molar-refractivity contribution in [3.63, 3.8) is 0 Å². The number of rotatable bonds is 15. The molecule has 9 heteroatoms. The van der Waals surface area contributed by atoms with Gasteiger partial charge in [-0.05, 0) is 36.6 Å². The summed E-state index contributed by atoms with van der Waals surface area (Å²) in [6, 6.07) is 24.8. The van der Waals surface area contributed by atoms with E-state index in [1.807, 2.05) is 67.6 Å². The Labute approximate surface area is 238 Å². The Balaban J connectivity index is 2.03. The van der Waals surface area contributed by atoms with Crippen LogP contribution in [0.15, 0.2) is 84.9 Å². The molecule has 0 aliphatic rings. The summed E-state index contributed by atoms with van der Waals surface area (Å²) in [7, 11) is -3.88. The largest absolute Gasteiger partial charge is 0.492 e. The average Bonchev–Trinajstić information content (AvgIpc) is 2.94. The van der Waals surface area contributed by atoms with E-state index >= 15 is 0 Å². The van der Waals surface area contributed by atoms with E-state index in [1.165, 1.54) is 4.90 Å². The van der Waals surface area contributed by atoms with Crippen molar-refractivity contribution >= 4 is 27.5 Å². The number of carbonyl (C=O) groups excluding carboxylic acids is 2. The van der Waals surface area contributed by atoms with Crippen LogP contribution in [0.5, 0.6) is 5.75 Å². The van der Waals surface area contributed by atoms with Gasteiger partial charge in [0.1, 0.15) is 18.3 Å². The molecule has 0 saturated carbocycles. The van der Waals surface area contributed by atoms with Crippen molar-refractivity contribution < 1.29 is 22.7 Å². The molecule has 0 radical (unpaired) electrons. The third-order valence-corrected chi connectivity index (χ3v) is 7.54. The number of sulfonamides is 1. The fourth-order valence-corrected chi connectivity index (χ4v) is 5.23. The first kappa shape index (κ1) is 30.7. The standard InChI is InChI=1S/C31H39N3O5S/c1-4-6-21-32-31(36)28(22-25-15-9-7-10-16-25)33(23-26-17-11-8-12-18-26)30(35)24-34(40(3,37)38)27-19-13-14-20-29(27)39-5-2/h7-20,28H,4-6,21-24H2,1-3H3,(H,32,36). The zero-order valence-corrected chi connectivity index (χ0v) is 24.3. The molecule has 3 rings (SSSR count). The highest BCUT2D eigenvalue weighted by Crippen LogP contribution is 2.30. The van der Waals surface area contributed by atoms with E-state index in [-0.39, 0.29) is 24.6 Å². The predicted octanol–water partition coefficient (Wildman–Crippen LogP) is 4.41. The van der Waals surface area contributed by atoms with Crippen LogP contribution in [0.4, 0.5) is 5.69 Å². The lowest BCUT2D eigenvalue weighted by molar-refractivity contribution is -0.140. The molecule has 0 aromatic heterocycles. The fraction of sp³-hybridized carbons (Fsp3) is 0.355. The van der Waals surface area contributed by atoms with E-state index in [9.17, 15) is 18.0 Å². The number of nitrogens with one attached hydrogen (secondary N) is 1. The first-order valence-electron chi connectivity index (χ1n) is 13.6. The maximum absolute atomic E-state index is 14.1. The summed E-state index contributed by atoms with van der Waals surface area (Å²) in [5.74, 6) is -0.412. The maximum atomic E-state index is 14.1. The zero-order valence-electron chi connectivity index (χ0n) is 23.5. The van der Waals surface area contributed by atoms with Gasteiger partial charge >= 0.3 is 0 Å². The molecule has 214 valence electrons. The molecule has 0 bridgehead atoms. The van der Waals surface area contributed by atoms with E-state index in [0.29, 0.717) is 18.9 Å². The van der Waals surface area contributed by atoms with Gasteiger partial charge in [-0.15, -0.1) is 0 Å². The molecule has 1 N–H and O–H groups in total. The molecule has 0 saturated heterocycles. The number of hydrogen-bond acceptors (Lipinski definition) is 5. The molecule has 40 heavy (non-hydrogen) atoms. The minimum absolute atomic E-state index is 0.142. The van der Waals surface area contributed by atoms with Crippen molar-refractivity contribution in [1.82, 2.24) is 10.2 Å². The van der Waals surface area contributed by atoms with Gasteiger partial charge in [0, 0.05) is 19.5 Å². The second-order valence-electron chi connectivity index (χ2n) is 9.53. The second-order valence-corrected chi connectivity index (χ2v) is 11.4. The van der Waals surface area contributed by atoms with Crippen LogP contribution in [0.25, 0.3) is 0 Å². The normalized spacial score (nSPS) is 11.9. The lowest BCUT2D eigenvalue weighted by Gasteiger charge is -2.33. The Bertz CT molecular complexity index is 1330. The van der Waals surface area contributed by atoms with Crippen LogP contribution in [0.3, 0.4) is 0 Å². The van der Waals surface area contributed by atoms with Gasteiger partial charge in [0.15, 0.2) is 0 Å². The number of amides is 2. The van der Waals surface area contributed by atoms with Crippen LogP contribution in [-0.2, 0) is 32.6 Å². The number of anilines is 1. The monoisotopic (exact) mass is 565 g/mol. The van der Waals surface area contributed by atoms with Crippen LogP contribution in [-0.4, -0.2) is 57.1 Å². The van der Waals surface area contributed by atoms with Gasteiger partial charge in [0.2, 0.25) is 21.8 Å². The summed E-state index contributed by atoms with van der Waals surface area (Å²) in [5, 5.41) is 2.98. The number of ether oxygens (including phenoxy) is 1. The fourth-order valence-electron chi connectivity index (χ4n) is 4.38. The first-order valence-corrected chi connectivity index (χ1v) is 15.4. The van der Waals surface area contributed by atoms with Crippen LogP contribution >= 0.6 is 0 Å². The third kappa shape index (κ3) is 8.84. The molecule has 8 nitrogen and oxygen atoms in total. The minimum Gasteiger partial charge on any atom is -0.492 e. The molecule has 0 spiro atoms. The van der Waals surface area contributed by atoms with Crippen molar-refractivity contribution in [3.8, 4) is 5.75 Å². The van der Waals surface area contributed by atoms with Gasteiger partial charge < -0.3 is 15.0 Å². The Kier molecular flexibility index (Phi) is 11.6. The summed E-state index contributed by atoms with van der Waals surface area (Å²) in [6.07, 6.45) is 3.07. The molecule has 0 aliphatic heterocycles. The van der Waals surface area contributed by atoms with Crippen molar-refractivity contribution in [2.24, 2.45) is 0 Å². The quantitative estimate of drug-likeness (QED) is 0.276. The Morgan fingerprint density at radius 2 is 1.48 bits per heavy atom. The maximum Gasteiger partial charge on any atom is 0.244 e. The molecule has 0 heterocycles. The van der Waals surface area contributed by atoms with Crippen molar-refractivity contribution in [3.05, 3.63) is 96.1 Å². The highest BCUT2D eigenvalue weighted by atomic mass is 32.2. The van der Waals surface area contributed by atoms with Gasteiger partial charge in [-0.25, -0.2) is 8.42 Å². The van der Waals surface area contributed by atoms with Gasteiger partial charge in [0.05, 0.1) is 18.6 Å². The van der Waals surface area contributed by atoms with Crippen LogP contribution < -0.4 is 14.4 Å². The highest BCUT2D eigenvalue weighted by Gasteiger charge is 2.33. The second kappa shape index (κ2) is 15.1. The van der Waals surface area contributed by atoms with E-state index in [0.717, 1.165) is 34.5 Å². The predicted molar refractivity (Wildman–Crippen MR) is 159 cm³/mol. The van der Waals surface area contributed by atoms with Gasteiger partial charge in [-0.2, -0.15) is 0 Å². The Morgan fingerprint density at radius 1 is 0.875 bits per heavy atom. The third-order valence-electron chi connectivity index (χ3n) is 6.41. The highest BCUT2D eigenvalue weighted by molar-refractivity contribution is 7.92. The molecule has 0 fully saturated rings. The van der Waals surface area contributed by atoms with E-state index in [1.54, 1.807) is 31.2 Å². The summed E-state index contributed by atoms with van der Waals surface area (Å²) < 4.78 is 32.7.